The van der Waals surface area contributed by atoms with Gasteiger partial charge in [-0.3, -0.25) is 4.79 Å². The van der Waals surface area contributed by atoms with Crippen molar-refractivity contribution in [2.24, 2.45) is 0 Å². The zero-order chi connectivity index (χ0) is 27.5. The predicted molar refractivity (Wildman–Crippen MR) is 129 cm³/mol. The van der Waals surface area contributed by atoms with Crippen LogP contribution in [0.2, 0.25) is 5.02 Å². The van der Waals surface area contributed by atoms with Crippen molar-refractivity contribution < 1.29 is 22.4 Å². The summed E-state index contributed by atoms with van der Waals surface area (Å²) in [5.74, 6) is -2.57. The topological polar surface area (TPSA) is 116 Å². The summed E-state index contributed by atoms with van der Waals surface area (Å²) in [6.45, 7) is -1.11. The summed E-state index contributed by atoms with van der Waals surface area (Å²) in [6.07, 6.45) is 7.38. The second-order valence-corrected chi connectivity index (χ2v) is 9.55. The maximum absolute atomic E-state index is 14.1. The minimum absolute atomic E-state index is 0.102. The third-order valence-electron chi connectivity index (χ3n) is 6.69. The van der Waals surface area contributed by atoms with Crippen LogP contribution >= 0.6 is 11.6 Å². The lowest BCUT2D eigenvalue weighted by Gasteiger charge is -2.24. The molecule has 1 aliphatic rings. The molecule has 5 aromatic rings. The first kappa shape index (κ1) is 24.9. The van der Waals surface area contributed by atoms with E-state index < -0.39 is 35.6 Å². The molecule has 15 heteroatoms. The molecular weight excluding hydrogens is 542 g/mol. The van der Waals surface area contributed by atoms with Crippen LogP contribution in [0.4, 0.5) is 23.2 Å². The number of hydrogen-bond acceptors (Lipinski definition) is 7. The van der Waals surface area contributed by atoms with Gasteiger partial charge >= 0.3 is 6.55 Å². The second-order valence-electron chi connectivity index (χ2n) is 9.14. The highest BCUT2D eigenvalue weighted by molar-refractivity contribution is 6.33. The van der Waals surface area contributed by atoms with Crippen molar-refractivity contribution in [1.29, 1.82) is 0 Å². The van der Waals surface area contributed by atoms with Crippen LogP contribution in [0.1, 0.15) is 42.6 Å². The third-order valence-corrected chi connectivity index (χ3v) is 6.98. The van der Waals surface area contributed by atoms with Crippen LogP contribution in [0.5, 0.6) is 0 Å². The van der Waals surface area contributed by atoms with Crippen LogP contribution in [0.3, 0.4) is 0 Å². The van der Waals surface area contributed by atoms with Gasteiger partial charge in [-0.2, -0.15) is 18.3 Å². The molecule has 39 heavy (non-hydrogen) atoms. The Kier molecular flexibility index (Phi) is 5.79. The Morgan fingerprint density at radius 2 is 1.87 bits per heavy atom. The first-order valence-corrected chi connectivity index (χ1v) is 11.8. The van der Waals surface area contributed by atoms with Gasteiger partial charge in [0.2, 0.25) is 11.9 Å². The van der Waals surface area contributed by atoms with Gasteiger partial charge in [0.05, 0.1) is 47.1 Å². The van der Waals surface area contributed by atoms with Gasteiger partial charge in [0.15, 0.2) is 17.3 Å². The highest BCUT2D eigenvalue weighted by Gasteiger charge is 2.48. The molecule has 5 heterocycles. The minimum atomic E-state index is -2.86. The number of aromatic nitrogens is 8. The number of rotatable bonds is 5. The Morgan fingerprint density at radius 3 is 2.56 bits per heavy atom. The fraction of sp³-hybridized carbons (Fsp3) is 0.208. The summed E-state index contributed by atoms with van der Waals surface area (Å²) in [7, 11) is 0. The number of nitrogens with one attached hydrogen (secondary N) is 1. The van der Waals surface area contributed by atoms with Crippen molar-refractivity contribution in [3.8, 4) is 11.5 Å². The Bertz CT molecular complexity index is 1740. The molecule has 2 atom stereocenters. The molecule has 198 valence electrons. The largest absolute Gasteiger partial charge is 0.333 e. The number of hydrogen-bond donors (Lipinski definition) is 1. The van der Waals surface area contributed by atoms with E-state index in [0.717, 1.165) is 18.5 Å². The zero-order valence-electron chi connectivity index (χ0n) is 19.9. The summed E-state index contributed by atoms with van der Waals surface area (Å²) >= 11 is 6.33. The van der Waals surface area contributed by atoms with Gasteiger partial charge < -0.3 is 5.32 Å². The molecule has 1 amide bonds. The highest BCUT2D eigenvalue weighted by atomic mass is 35.5. The third kappa shape index (κ3) is 4.16. The Morgan fingerprint density at radius 1 is 1.10 bits per heavy atom. The minimum Gasteiger partial charge on any atom is -0.324 e. The van der Waals surface area contributed by atoms with Crippen LogP contribution in [-0.4, -0.2) is 45.2 Å². The number of halogens is 5. The molecule has 0 aliphatic heterocycles. The first-order chi connectivity index (χ1) is 18.6. The van der Waals surface area contributed by atoms with Crippen LogP contribution in [0.15, 0.2) is 49.3 Å². The van der Waals surface area contributed by atoms with E-state index in [1.807, 2.05) is 0 Å². The normalized spacial score (nSPS) is 18.6. The van der Waals surface area contributed by atoms with Gasteiger partial charge in [0, 0.05) is 35.0 Å². The molecule has 6 rings (SSSR count). The van der Waals surface area contributed by atoms with Crippen molar-refractivity contribution in [3.63, 3.8) is 0 Å². The summed E-state index contributed by atoms with van der Waals surface area (Å²) in [6, 6.07) is 2.58. The van der Waals surface area contributed by atoms with Gasteiger partial charge in [0.1, 0.15) is 5.69 Å². The molecule has 10 nitrogen and oxygen atoms in total. The number of carbonyl (C=O) groups is 1. The maximum Gasteiger partial charge on any atom is 0.333 e. The predicted octanol–water partition coefficient (Wildman–Crippen LogP) is 4.54. The summed E-state index contributed by atoms with van der Waals surface area (Å²) < 4.78 is 55.6. The zero-order valence-corrected chi connectivity index (χ0v) is 20.6. The molecular formula is C24H16ClF4N9O. The molecule has 0 radical (unpaired) electrons. The fourth-order valence-electron chi connectivity index (χ4n) is 4.89. The van der Waals surface area contributed by atoms with Gasteiger partial charge in [-0.15, -0.1) is 5.10 Å². The van der Waals surface area contributed by atoms with E-state index >= 15 is 0 Å². The lowest BCUT2D eigenvalue weighted by molar-refractivity contribution is -0.117. The molecule has 5 aromatic heterocycles. The van der Waals surface area contributed by atoms with E-state index in [1.165, 1.54) is 35.4 Å². The van der Waals surface area contributed by atoms with Crippen molar-refractivity contribution in [2.75, 3.05) is 5.32 Å². The second kappa shape index (κ2) is 9.08. The van der Waals surface area contributed by atoms with Crippen molar-refractivity contribution in [1.82, 2.24) is 39.3 Å². The SMILES string of the molecule is C[C@]1(c2cnn(C(F)F)c2)C[C@H](C(=O)Nc2cnc(-c3ncc(F)cn3)c(Cl)c2)c2cnc3cc(F)nn3c21. The monoisotopic (exact) mass is 557 g/mol. The number of anilines is 1. The molecule has 0 bridgehead atoms. The van der Waals surface area contributed by atoms with Crippen LogP contribution in [-0.2, 0) is 10.2 Å². The summed E-state index contributed by atoms with van der Waals surface area (Å²) in [5.41, 5.74) is 0.901. The van der Waals surface area contributed by atoms with Gasteiger partial charge in [-0.05, 0) is 19.4 Å². The van der Waals surface area contributed by atoms with Crippen molar-refractivity contribution in [2.45, 2.75) is 31.2 Å². The van der Waals surface area contributed by atoms with E-state index in [4.69, 9.17) is 11.6 Å². The number of nitrogens with zero attached hydrogens (tertiary/aromatic N) is 8. The Hall–Kier alpha value is -4.46. The van der Waals surface area contributed by atoms with E-state index in [9.17, 15) is 22.4 Å². The number of amides is 1. The average Bonchev–Trinajstić information content (AvgIpc) is 3.61. The highest BCUT2D eigenvalue weighted by Crippen LogP contribution is 2.50. The molecule has 0 unspecified atom stereocenters. The summed E-state index contributed by atoms with van der Waals surface area (Å²) in [4.78, 5) is 29.7. The molecule has 0 saturated heterocycles. The molecule has 0 aromatic carbocycles. The summed E-state index contributed by atoms with van der Waals surface area (Å²) in [5, 5.41) is 10.5. The van der Waals surface area contributed by atoms with Crippen LogP contribution in [0, 0.1) is 11.8 Å². The number of pyridine rings is 1. The molecule has 1 N–H and O–H groups in total. The lowest BCUT2D eigenvalue weighted by atomic mass is 9.80. The lowest BCUT2D eigenvalue weighted by Crippen LogP contribution is -2.25. The number of fused-ring (bicyclic) bond motifs is 3. The van der Waals surface area contributed by atoms with Gasteiger partial charge in [-0.1, -0.05) is 11.6 Å². The molecule has 0 saturated carbocycles. The van der Waals surface area contributed by atoms with E-state index in [1.54, 1.807) is 6.92 Å². The molecule has 0 spiro atoms. The van der Waals surface area contributed by atoms with E-state index in [2.05, 4.69) is 35.5 Å². The van der Waals surface area contributed by atoms with Crippen LogP contribution in [0.25, 0.3) is 17.2 Å². The van der Waals surface area contributed by atoms with E-state index in [-0.39, 0.29) is 34.3 Å². The average molecular weight is 558 g/mol. The Labute approximate surface area is 221 Å². The smallest absolute Gasteiger partial charge is 0.324 e. The first-order valence-electron chi connectivity index (χ1n) is 11.5. The number of carbonyl (C=O) groups excluding carboxylic acids is 1. The van der Waals surface area contributed by atoms with Crippen molar-refractivity contribution >= 4 is 28.8 Å². The van der Waals surface area contributed by atoms with Crippen LogP contribution < -0.4 is 5.32 Å². The Balaban J connectivity index is 1.36. The van der Waals surface area contributed by atoms with E-state index in [0.29, 0.717) is 21.5 Å². The van der Waals surface area contributed by atoms with Crippen molar-refractivity contribution in [3.05, 3.63) is 82.9 Å². The molecule has 0 fully saturated rings. The fourth-order valence-corrected chi connectivity index (χ4v) is 5.14. The standard InChI is InChI=1S/C24H16ClF4N9O/c1-24(11-5-34-37(10-11)23(28)29)4-14(15-9-30-18-3-17(27)36-38(18)20(15)24)22(39)35-13-2-16(25)19(31-8-13)21-32-6-12(26)7-33-21/h2-3,5-10,14,23H,4H2,1H3,(H,35,39)/t14-,24+/m0/s1. The quantitative estimate of drug-likeness (QED) is 0.315. The maximum atomic E-state index is 14.1. The van der Waals surface area contributed by atoms with Gasteiger partial charge in [0.25, 0.3) is 0 Å². The van der Waals surface area contributed by atoms with Gasteiger partial charge in [-0.25, -0.2) is 33.5 Å². The number of alkyl halides is 2. The molecule has 1 aliphatic carbocycles.